The molecule has 198 valence electrons. The Balaban J connectivity index is 2.50. The van der Waals surface area contributed by atoms with Crippen molar-refractivity contribution in [1.29, 1.82) is 0 Å². The second kappa shape index (κ2) is 11.1. The lowest BCUT2D eigenvalue weighted by Crippen LogP contribution is -2.61. The van der Waals surface area contributed by atoms with E-state index >= 15 is 0 Å². The zero-order chi connectivity index (χ0) is 25.9. The van der Waals surface area contributed by atoms with Crippen LogP contribution >= 0.6 is 0 Å². The van der Waals surface area contributed by atoms with Crippen LogP contribution in [0.1, 0.15) is 87.0 Å². The Morgan fingerprint density at radius 1 is 1.21 bits per heavy atom. The first-order chi connectivity index (χ1) is 15.6. The molecule has 0 saturated heterocycles. The summed E-state index contributed by atoms with van der Waals surface area (Å²) in [6, 6.07) is 0. The van der Waals surface area contributed by atoms with Crippen LogP contribution in [0.5, 0.6) is 0 Å². The summed E-state index contributed by atoms with van der Waals surface area (Å²) in [4.78, 5) is 17.4. The Morgan fingerprint density at radius 2 is 1.85 bits per heavy atom. The number of aliphatic hydroxyl groups excluding tert-OH is 2. The normalized spacial score (nSPS) is 30.9. The predicted molar refractivity (Wildman–Crippen MR) is 141 cm³/mol. The van der Waals surface area contributed by atoms with Gasteiger partial charge in [-0.2, -0.15) is 0 Å². The molecule has 2 N–H and O–H groups in total. The van der Waals surface area contributed by atoms with Gasteiger partial charge in [-0.25, -0.2) is 0 Å². The predicted octanol–water partition coefficient (Wildman–Crippen LogP) is 5.37. The first-order valence-electron chi connectivity index (χ1n) is 13.3. The first kappa shape index (κ1) is 29.5. The summed E-state index contributed by atoms with van der Waals surface area (Å²) in [5, 5.41) is 21.5. The molecular weight excluding hydrogens is 446 g/mol. The van der Waals surface area contributed by atoms with Crippen molar-refractivity contribution in [3.8, 4) is 0 Å². The minimum absolute atomic E-state index is 0.0310. The van der Waals surface area contributed by atoms with Crippen LogP contribution in [-0.4, -0.2) is 62.2 Å². The quantitative estimate of drug-likeness (QED) is 0.330. The van der Waals surface area contributed by atoms with Crippen LogP contribution in [0, 0.1) is 22.7 Å². The fourth-order valence-electron chi connectivity index (χ4n) is 5.46. The van der Waals surface area contributed by atoms with Gasteiger partial charge in [-0.05, 0) is 83.3 Å². The second-order valence-corrected chi connectivity index (χ2v) is 17.9. The Labute approximate surface area is 209 Å². The molecule has 0 aromatic rings. The van der Waals surface area contributed by atoms with E-state index in [4.69, 9.17) is 14.2 Å². The zero-order valence-corrected chi connectivity index (χ0v) is 24.2. The fraction of sp³-hybridized carbons (Fsp3) is 0.926. The van der Waals surface area contributed by atoms with Gasteiger partial charge in [-0.1, -0.05) is 27.7 Å². The molecule has 2 rings (SSSR count). The smallest absolute Gasteiger partial charge is 0.311 e. The number of aliphatic imine (C=N–C) groups is 1. The van der Waals surface area contributed by atoms with Crippen molar-refractivity contribution < 1.29 is 24.2 Å². The maximum absolute atomic E-state index is 12.5. The van der Waals surface area contributed by atoms with E-state index in [9.17, 15) is 15.0 Å². The highest BCUT2D eigenvalue weighted by Gasteiger charge is 2.57. The third kappa shape index (κ3) is 6.32. The van der Waals surface area contributed by atoms with Crippen molar-refractivity contribution in [3.63, 3.8) is 0 Å². The zero-order valence-electron chi connectivity index (χ0n) is 23.2. The number of carbonyl (C=O) groups excluding carboxylic acids is 1. The minimum atomic E-state index is -2.10. The van der Waals surface area contributed by atoms with Gasteiger partial charge in [0.25, 0.3) is 0 Å². The Hall–Kier alpha value is -0.763. The van der Waals surface area contributed by atoms with Crippen LogP contribution in [0.15, 0.2) is 4.99 Å². The van der Waals surface area contributed by atoms with E-state index in [1.165, 1.54) is 0 Å². The van der Waals surface area contributed by atoms with Crippen molar-refractivity contribution in [2.24, 2.45) is 27.7 Å². The Bertz CT molecular complexity index is 724. The number of hydrogen-bond donors (Lipinski definition) is 2. The molecule has 0 aromatic heterocycles. The highest BCUT2D eigenvalue weighted by Crippen LogP contribution is 2.53. The maximum atomic E-state index is 12.5. The maximum Gasteiger partial charge on any atom is 0.311 e. The van der Waals surface area contributed by atoms with Crippen molar-refractivity contribution in [3.05, 3.63) is 0 Å². The summed E-state index contributed by atoms with van der Waals surface area (Å²) >= 11 is 0. The molecule has 6 nitrogen and oxygen atoms in total. The molecule has 1 saturated carbocycles. The van der Waals surface area contributed by atoms with Crippen LogP contribution in [0.2, 0.25) is 18.1 Å². The lowest BCUT2D eigenvalue weighted by Gasteiger charge is -2.56. The summed E-state index contributed by atoms with van der Waals surface area (Å²) < 4.78 is 12.8. The molecule has 1 aliphatic heterocycles. The van der Waals surface area contributed by atoms with E-state index in [-0.39, 0.29) is 35.6 Å². The molecule has 1 fully saturated rings. The minimum Gasteiger partial charge on any atom is -0.465 e. The van der Waals surface area contributed by atoms with Gasteiger partial charge in [0.15, 0.2) is 8.32 Å². The van der Waals surface area contributed by atoms with Crippen LogP contribution in [-0.2, 0) is 14.0 Å². The first-order valence-corrected chi connectivity index (χ1v) is 16.2. The molecule has 0 amide bonds. The highest BCUT2D eigenvalue weighted by molar-refractivity contribution is 6.74. The molecule has 0 aromatic carbocycles. The van der Waals surface area contributed by atoms with E-state index in [0.29, 0.717) is 32.3 Å². The van der Waals surface area contributed by atoms with Gasteiger partial charge in [-0.15, -0.1) is 0 Å². The number of carbonyl (C=O) groups is 1. The Kier molecular flexibility index (Phi) is 9.62. The monoisotopic (exact) mass is 497 g/mol. The van der Waals surface area contributed by atoms with Crippen LogP contribution in [0.4, 0.5) is 0 Å². The SMILES string of the molecule is C[C@H]1C[C@H](O)[C@](CCCO)(C2=NCCC2)[C@H](CCOC(=O)C(C)(C)C)[C@H]1O[Si](C)(C)C(C)(C)C. The number of nitrogens with zero attached hydrogens (tertiary/aromatic N) is 1. The van der Waals surface area contributed by atoms with Gasteiger partial charge in [-0.3, -0.25) is 9.79 Å². The molecule has 0 spiro atoms. The lowest BCUT2D eigenvalue weighted by atomic mass is 9.55. The lowest BCUT2D eigenvalue weighted by molar-refractivity contribution is -0.155. The van der Waals surface area contributed by atoms with Gasteiger partial charge in [0.05, 0.1) is 24.2 Å². The average molecular weight is 498 g/mol. The number of esters is 1. The molecule has 0 radical (unpaired) electrons. The van der Waals surface area contributed by atoms with Crippen molar-refractivity contribution in [2.75, 3.05) is 19.8 Å². The van der Waals surface area contributed by atoms with E-state index < -0.39 is 25.3 Å². The van der Waals surface area contributed by atoms with Crippen molar-refractivity contribution >= 4 is 20.0 Å². The largest absolute Gasteiger partial charge is 0.465 e. The summed E-state index contributed by atoms with van der Waals surface area (Å²) in [6.07, 6.45) is 3.82. The third-order valence-corrected chi connectivity index (χ3v) is 13.0. The van der Waals surface area contributed by atoms with Crippen LogP contribution in [0.25, 0.3) is 0 Å². The second-order valence-electron chi connectivity index (χ2n) is 13.2. The molecular formula is C27H51NO5Si. The fourth-order valence-corrected chi connectivity index (χ4v) is 6.89. The number of hydrogen-bond acceptors (Lipinski definition) is 6. The molecule has 5 atom stereocenters. The van der Waals surface area contributed by atoms with Crippen LogP contribution in [0.3, 0.4) is 0 Å². The molecule has 34 heavy (non-hydrogen) atoms. The molecule has 7 heteroatoms. The van der Waals surface area contributed by atoms with E-state index in [1.54, 1.807) is 0 Å². The van der Waals surface area contributed by atoms with Gasteiger partial charge in [0.2, 0.25) is 0 Å². The van der Waals surface area contributed by atoms with Gasteiger partial charge in [0.1, 0.15) is 0 Å². The summed E-state index contributed by atoms with van der Waals surface area (Å²) in [6.45, 7) is 20.3. The van der Waals surface area contributed by atoms with E-state index in [0.717, 1.165) is 25.1 Å². The van der Waals surface area contributed by atoms with Crippen molar-refractivity contribution in [1.82, 2.24) is 0 Å². The molecule has 1 heterocycles. The number of aliphatic hydroxyl groups is 2. The molecule has 0 unspecified atom stereocenters. The van der Waals surface area contributed by atoms with Crippen molar-refractivity contribution in [2.45, 2.75) is 117 Å². The van der Waals surface area contributed by atoms with E-state index in [1.807, 2.05) is 20.8 Å². The number of ether oxygens (including phenoxy) is 1. The third-order valence-electron chi connectivity index (χ3n) is 8.48. The topological polar surface area (TPSA) is 88.4 Å². The van der Waals surface area contributed by atoms with Gasteiger partial charge in [0, 0.05) is 30.2 Å². The molecule has 1 aliphatic carbocycles. The summed E-state index contributed by atoms with van der Waals surface area (Å²) in [5.41, 5.74) is -0.0244. The molecule has 2 aliphatic rings. The van der Waals surface area contributed by atoms with Crippen LogP contribution < -0.4 is 0 Å². The molecule has 0 bridgehead atoms. The Morgan fingerprint density at radius 3 is 2.35 bits per heavy atom. The van der Waals surface area contributed by atoms with Gasteiger partial charge < -0.3 is 19.4 Å². The highest BCUT2D eigenvalue weighted by atomic mass is 28.4. The number of rotatable bonds is 9. The van der Waals surface area contributed by atoms with E-state index in [2.05, 4.69) is 40.8 Å². The summed E-state index contributed by atoms with van der Waals surface area (Å²) in [5.74, 6) is -0.0637. The van der Waals surface area contributed by atoms with Gasteiger partial charge >= 0.3 is 5.97 Å². The standard InChI is InChI=1S/C27H51NO5Si/c1-19-18-22(30)27(14-11-16-29,21-12-10-15-28-21)20(13-17-32-24(31)25(2,3)4)23(19)33-34(8,9)26(5,6)7/h19-20,22-23,29-30H,10-18H2,1-9H3/t19-,20+,22-,23-,27-/m0/s1. The summed E-state index contributed by atoms with van der Waals surface area (Å²) in [7, 11) is -2.10. The average Bonchev–Trinajstić information content (AvgIpc) is 3.24.